The molecule has 0 N–H and O–H groups in total. The van der Waals surface area contributed by atoms with Crippen molar-refractivity contribution < 1.29 is 13.2 Å². The lowest BCUT2D eigenvalue weighted by Gasteiger charge is -2.42. The number of rotatable bonds is 2. The van der Waals surface area contributed by atoms with Gasteiger partial charge < -0.3 is 4.74 Å². The van der Waals surface area contributed by atoms with Gasteiger partial charge in [0.1, 0.15) is 0 Å². The number of aryl methyl sites for hydroxylation is 1. The molecule has 1 heterocycles. The van der Waals surface area contributed by atoms with Crippen molar-refractivity contribution in [1.29, 1.82) is 0 Å². The highest BCUT2D eigenvalue weighted by Crippen LogP contribution is 2.32. The van der Waals surface area contributed by atoms with Crippen LogP contribution in [0.3, 0.4) is 0 Å². The van der Waals surface area contributed by atoms with Crippen LogP contribution in [0.15, 0.2) is 29.2 Å². The first-order valence-corrected chi connectivity index (χ1v) is 8.73. The number of ether oxygens (including phenoxy) is 1. The van der Waals surface area contributed by atoms with Gasteiger partial charge in [0.25, 0.3) is 0 Å². The summed E-state index contributed by atoms with van der Waals surface area (Å²) in [5.41, 5.74) is 0.972. The summed E-state index contributed by atoms with van der Waals surface area (Å²) in [6.45, 7) is 2.89. The molecule has 1 aromatic carbocycles. The van der Waals surface area contributed by atoms with Crippen LogP contribution >= 0.6 is 0 Å². The fraction of sp³-hybridized carbons (Fsp3) is 0.600. The molecule has 2 fully saturated rings. The number of sulfonamides is 1. The van der Waals surface area contributed by atoms with Gasteiger partial charge in [-0.2, -0.15) is 4.31 Å². The molecule has 0 aromatic heterocycles. The largest absolute Gasteiger partial charge is 0.375 e. The molecule has 1 saturated heterocycles. The Morgan fingerprint density at radius 2 is 2.05 bits per heavy atom. The normalized spacial score (nSPS) is 28.1. The summed E-state index contributed by atoms with van der Waals surface area (Å²) < 4.78 is 33.2. The second-order valence-electron chi connectivity index (χ2n) is 5.69. The van der Waals surface area contributed by atoms with Crippen LogP contribution in [0.2, 0.25) is 0 Å². The second kappa shape index (κ2) is 5.47. The molecule has 1 aliphatic heterocycles. The van der Waals surface area contributed by atoms with E-state index in [1.54, 1.807) is 22.5 Å². The first-order valence-electron chi connectivity index (χ1n) is 7.29. The minimum Gasteiger partial charge on any atom is -0.375 e. The van der Waals surface area contributed by atoms with E-state index in [1.807, 2.05) is 13.0 Å². The summed E-state index contributed by atoms with van der Waals surface area (Å²) in [4.78, 5) is 0.406. The third-order valence-electron chi connectivity index (χ3n) is 4.28. The van der Waals surface area contributed by atoms with Crippen molar-refractivity contribution in [3.05, 3.63) is 29.8 Å². The number of hydrogen-bond acceptors (Lipinski definition) is 3. The monoisotopic (exact) mass is 295 g/mol. The molecule has 4 nitrogen and oxygen atoms in total. The zero-order valence-corrected chi connectivity index (χ0v) is 12.6. The summed E-state index contributed by atoms with van der Waals surface area (Å²) in [5, 5.41) is 0. The maximum absolute atomic E-state index is 12.9. The first-order chi connectivity index (χ1) is 9.59. The van der Waals surface area contributed by atoms with Crippen LogP contribution in [0.4, 0.5) is 0 Å². The molecule has 110 valence electrons. The highest BCUT2D eigenvalue weighted by molar-refractivity contribution is 7.89. The van der Waals surface area contributed by atoms with Crippen LogP contribution in [0.1, 0.15) is 31.2 Å². The highest BCUT2D eigenvalue weighted by Gasteiger charge is 2.40. The Bertz CT molecular complexity index is 583. The molecule has 0 bridgehead atoms. The first kappa shape index (κ1) is 14.0. The van der Waals surface area contributed by atoms with Crippen LogP contribution < -0.4 is 0 Å². The lowest BCUT2D eigenvalue weighted by molar-refractivity contribution is -0.0586. The predicted octanol–water partition coefficient (Wildman–Crippen LogP) is 2.33. The minimum atomic E-state index is -3.40. The van der Waals surface area contributed by atoms with Gasteiger partial charge in [-0.15, -0.1) is 0 Å². The van der Waals surface area contributed by atoms with Crippen LogP contribution in [-0.4, -0.2) is 38.0 Å². The van der Waals surface area contributed by atoms with E-state index in [0.29, 0.717) is 18.0 Å². The zero-order valence-electron chi connectivity index (χ0n) is 11.8. The van der Waals surface area contributed by atoms with E-state index < -0.39 is 10.0 Å². The Morgan fingerprint density at radius 3 is 2.85 bits per heavy atom. The van der Waals surface area contributed by atoms with E-state index in [-0.39, 0.29) is 12.1 Å². The molecular formula is C15H21NO3S. The SMILES string of the molecule is Cc1cccc(S(=O)(=O)N2CCO[C@H]3CCCC[C@H]32)c1. The third-order valence-corrected chi connectivity index (χ3v) is 6.20. The Labute approximate surface area is 120 Å². The highest BCUT2D eigenvalue weighted by atomic mass is 32.2. The van der Waals surface area contributed by atoms with E-state index in [9.17, 15) is 8.42 Å². The molecule has 3 rings (SSSR count). The quantitative estimate of drug-likeness (QED) is 0.841. The van der Waals surface area contributed by atoms with E-state index in [4.69, 9.17) is 4.74 Å². The Morgan fingerprint density at radius 1 is 1.25 bits per heavy atom. The summed E-state index contributed by atoms with van der Waals surface area (Å²) >= 11 is 0. The fourth-order valence-corrected chi connectivity index (χ4v) is 5.04. The number of benzene rings is 1. The van der Waals surface area contributed by atoms with Crippen LogP contribution in [0, 0.1) is 6.92 Å². The van der Waals surface area contributed by atoms with Gasteiger partial charge in [0.15, 0.2) is 0 Å². The van der Waals surface area contributed by atoms with Crippen molar-refractivity contribution >= 4 is 10.0 Å². The predicted molar refractivity (Wildman–Crippen MR) is 77.1 cm³/mol. The van der Waals surface area contributed by atoms with Crippen molar-refractivity contribution in [1.82, 2.24) is 4.31 Å². The molecule has 2 aliphatic rings. The fourth-order valence-electron chi connectivity index (χ4n) is 3.27. The number of fused-ring (bicyclic) bond motifs is 1. The number of hydrogen-bond donors (Lipinski definition) is 0. The summed E-state index contributed by atoms with van der Waals surface area (Å²) in [6, 6.07) is 7.18. The molecule has 1 saturated carbocycles. The standard InChI is InChI=1S/C15H21NO3S/c1-12-5-4-6-13(11-12)20(17,18)16-9-10-19-15-8-3-2-7-14(15)16/h4-6,11,14-15H,2-3,7-10H2,1H3/t14-,15+/m1/s1. The van der Waals surface area contributed by atoms with Gasteiger partial charge in [0, 0.05) is 6.54 Å². The molecule has 20 heavy (non-hydrogen) atoms. The summed E-state index contributed by atoms with van der Waals surface area (Å²) in [5.74, 6) is 0. The second-order valence-corrected chi connectivity index (χ2v) is 7.58. The van der Waals surface area contributed by atoms with Gasteiger partial charge in [0.05, 0.1) is 23.6 Å². The maximum atomic E-state index is 12.9. The van der Waals surface area contributed by atoms with Crippen molar-refractivity contribution in [3.63, 3.8) is 0 Å². The van der Waals surface area contributed by atoms with Gasteiger partial charge in [-0.1, -0.05) is 25.0 Å². The molecule has 0 spiro atoms. The molecule has 0 unspecified atom stereocenters. The van der Waals surface area contributed by atoms with Crippen molar-refractivity contribution in [2.24, 2.45) is 0 Å². The Hall–Kier alpha value is -0.910. The molecule has 0 radical (unpaired) electrons. The van der Waals surface area contributed by atoms with Gasteiger partial charge >= 0.3 is 0 Å². The van der Waals surface area contributed by atoms with Gasteiger partial charge in [-0.05, 0) is 37.5 Å². The number of nitrogens with zero attached hydrogens (tertiary/aromatic N) is 1. The zero-order chi connectivity index (χ0) is 14.2. The minimum absolute atomic E-state index is 0.0167. The van der Waals surface area contributed by atoms with Crippen LogP contribution in [0.5, 0.6) is 0 Å². The molecule has 5 heteroatoms. The smallest absolute Gasteiger partial charge is 0.243 e. The molecule has 1 aliphatic carbocycles. The molecule has 0 amide bonds. The van der Waals surface area contributed by atoms with E-state index >= 15 is 0 Å². The average molecular weight is 295 g/mol. The van der Waals surface area contributed by atoms with Crippen molar-refractivity contribution in [3.8, 4) is 0 Å². The molecule has 2 atom stereocenters. The van der Waals surface area contributed by atoms with Crippen molar-refractivity contribution in [2.45, 2.75) is 49.6 Å². The molecule has 1 aromatic rings. The molecular weight excluding hydrogens is 274 g/mol. The third kappa shape index (κ3) is 2.50. The summed E-state index contributed by atoms with van der Waals surface area (Å²) in [7, 11) is -3.40. The van der Waals surface area contributed by atoms with Gasteiger partial charge in [-0.25, -0.2) is 8.42 Å². The van der Waals surface area contributed by atoms with Crippen LogP contribution in [0.25, 0.3) is 0 Å². The maximum Gasteiger partial charge on any atom is 0.243 e. The number of morpholine rings is 1. The van der Waals surface area contributed by atoms with E-state index in [0.717, 1.165) is 31.2 Å². The van der Waals surface area contributed by atoms with Crippen molar-refractivity contribution in [2.75, 3.05) is 13.2 Å². The van der Waals surface area contributed by atoms with E-state index in [1.165, 1.54) is 0 Å². The summed E-state index contributed by atoms with van der Waals surface area (Å²) in [6.07, 6.45) is 4.20. The lowest BCUT2D eigenvalue weighted by Crippen LogP contribution is -2.54. The van der Waals surface area contributed by atoms with Crippen LogP contribution in [-0.2, 0) is 14.8 Å². The van der Waals surface area contributed by atoms with E-state index in [2.05, 4.69) is 0 Å². The topological polar surface area (TPSA) is 46.6 Å². The lowest BCUT2D eigenvalue weighted by atomic mass is 9.91. The Kier molecular flexibility index (Phi) is 3.84. The Balaban J connectivity index is 1.93. The average Bonchev–Trinajstić information content (AvgIpc) is 2.46. The van der Waals surface area contributed by atoms with Gasteiger partial charge in [0.2, 0.25) is 10.0 Å². The van der Waals surface area contributed by atoms with Gasteiger partial charge in [-0.3, -0.25) is 0 Å².